The fourth-order valence-electron chi connectivity index (χ4n) is 7.80. The minimum atomic E-state index is -2.17. The molecular formula is C27H43F2NO2. The maximum atomic E-state index is 12.8. The van der Waals surface area contributed by atoms with Crippen molar-refractivity contribution in [3.63, 3.8) is 0 Å². The summed E-state index contributed by atoms with van der Waals surface area (Å²) in [5, 5.41) is 20.0. The summed E-state index contributed by atoms with van der Waals surface area (Å²) < 4.78 is 25.5. The molecule has 3 saturated carbocycles. The van der Waals surface area contributed by atoms with Crippen LogP contribution in [-0.4, -0.2) is 53.4 Å². The lowest BCUT2D eigenvalue weighted by Crippen LogP contribution is -2.39. The van der Waals surface area contributed by atoms with Crippen LogP contribution in [0.1, 0.15) is 78.1 Å². The fraction of sp³-hybridized carbons (Fsp3) is 0.852. The van der Waals surface area contributed by atoms with Gasteiger partial charge >= 0.3 is 0 Å². The predicted molar refractivity (Wildman–Crippen MR) is 125 cm³/mol. The van der Waals surface area contributed by atoms with Gasteiger partial charge in [0.05, 0.1) is 12.2 Å². The highest BCUT2D eigenvalue weighted by atomic mass is 19.3. The van der Waals surface area contributed by atoms with Crippen molar-refractivity contribution in [2.75, 3.05) is 19.6 Å². The number of rotatable bonds is 6. The van der Waals surface area contributed by atoms with Crippen LogP contribution in [0.25, 0.3) is 0 Å². The first-order valence-electron chi connectivity index (χ1n) is 13.0. The summed E-state index contributed by atoms with van der Waals surface area (Å²) in [6, 6.07) is 0. The molecule has 0 aromatic carbocycles. The van der Waals surface area contributed by atoms with Crippen molar-refractivity contribution in [3.05, 3.63) is 23.3 Å². The van der Waals surface area contributed by atoms with Crippen LogP contribution in [0.2, 0.25) is 0 Å². The van der Waals surface area contributed by atoms with Gasteiger partial charge in [0.25, 0.3) is 0 Å². The van der Waals surface area contributed by atoms with Gasteiger partial charge in [-0.15, -0.1) is 0 Å². The van der Waals surface area contributed by atoms with Crippen molar-refractivity contribution in [3.8, 4) is 0 Å². The van der Waals surface area contributed by atoms with Gasteiger partial charge in [-0.25, -0.2) is 8.78 Å². The highest BCUT2D eigenvalue weighted by Gasteiger charge is 2.50. The van der Waals surface area contributed by atoms with Crippen LogP contribution in [0.5, 0.6) is 0 Å². The molecule has 4 rings (SSSR count). The van der Waals surface area contributed by atoms with Gasteiger partial charge in [0.2, 0.25) is 6.43 Å². The highest BCUT2D eigenvalue weighted by molar-refractivity contribution is 5.26. The number of hydrogen-bond acceptors (Lipinski definition) is 3. The van der Waals surface area contributed by atoms with Gasteiger partial charge in [0.15, 0.2) is 0 Å². The van der Waals surface area contributed by atoms with Gasteiger partial charge in [-0.1, -0.05) is 37.1 Å². The van der Waals surface area contributed by atoms with Gasteiger partial charge < -0.3 is 15.1 Å². The molecule has 0 aromatic heterocycles. The second-order valence-corrected chi connectivity index (χ2v) is 11.6. The van der Waals surface area contributed by atoms with Crippen molar-refractivity contribution in [1.29, 1.82) is 0 Å². The van der Waals surface area contributed by atoms with E-state index >= 15 is 0 Å². The number of aliphatic hydroxyl groups excluding tert-OH is 2. The van der Waals surface area contributed by atoms with E-state index in [4.69, 9.17) is 0 Å². The molecule has 0 aromatic rings. The van der Waals surface area contributed by atoms with Gasteiger partial charge in [-0.2, -0.15) is 0 Å². The van der Waals surface area contributed by atoms with Crippen molar-refractivity contribution < 1.29 is 19.0 Å². The third kappa shape index (κ3) is 5.47. The molecule has 3 nitrogen and oxygen atoms in total. The largest absolute Gasteiger partial charge is 0.393 e. The summed E-state index contributed by atoms with van der Waals surface area (Å²) in [6.45, 7) is 7.77. The molecule has 4 fully saturated rings. The van der Waals surface area contributed by atoms with E-state index in [2.05, 4.69) is 30.9 Å². The average Bonchev–Trinajstić information content (AvgIpc) is 3.28. The van der Waals surface area contributed by atoms with E-state index in [1.165, 1.54) is 31.3 Å². The molecule has 7 atom stereocenters. The van der Waals surface area contributed by atoms with Crippen LogP contribution in [0, 0.1) is 29.1 Å². The molecule has 1 heterocycles. The zero-order valence-electron chi connectivity index (χ0n) is 20.0. The molecule has 182 valence electrons. The minimum absolute atomic E-state index is 0.0613. The summed E-state index contributed by atoms with van der Waals surface area (Å²) in [6.07, 6.45) is 10.6. The SMILES string of the molecule is C[C@H](CN1CC[C@H](CC(F)F)C1)[C@H]1CC[C@H]2/C(=C/C=C3C[C@@H](O)C[C@H](O)C3)CCC[C@]12C. The van der Waals surface area contributed by atoms with Gasteiger partial charge in [-0.05, 0) is 93.4 Å². The first-order valence-corrected chi connectivity index (χ1v) is 13.0. The van der Waals surface area contributed by atoms with Crippen LogP contribution in [-0.2, 0) is 0 Å². The Morgan fingerprint density at radius 2 is 1.88 bits per heavy atom. The number of nitrogens with zero attached hydrogens (tertiary/aromatic N) is 1. The summed E-state index contributed by atoms with van der Waals surface area (Å²) in [4.78, 5) is 2.44. The second-order valence-electron chi connectivity index (χ2n) is 11.6. The zero-order chi connectivity index (χ0) is 22.9. The van der Waals surface area contributed by atoms with Crippen molar-refractivity contribution >= 4 is 0 Å². The molecule has 0 bridgehead atoms. The molecular weight excluding hydrogens is 408 g/mol. The normalized spacial score (nSPS) is 40.8. The lowest BCUT2D eigenvalue weighted by Gasteiger charge is -2.45. The molecule has 0 unspecified atom stereocenters. The van der Waals surface area contributed by atoms with Gasteiger partial charge in [-0.3, -0.25) is 0 Å². The number of likely N-dealkylation sites (tertiary alicyclic amines) is 1. The van der Waals surface area contributed by atoms with E-state index in [1.54, 1.807) is 5.57 Å². The maximum absolute atomic E-state index is 12.8. The third-order valence-electron chi connectivity index (χ3n) is 9.23. The Labute approximate surface area is 193 Å². The summed E-state index contributed by atoms with van der Waals surface area (Å²) in [5.74, 6) is 2.08. The molecule has 0 spiro atoms. The monoisotopic (exact) mass is 451 g/mol. The molecule has 5 heteroatoms. The maximum Gasteiger partial charge on any atom is 0.238 e. The molecule has 3 aliphatic carbocycles. The summed E-state index contributed by atoms with van der Waals surface area (Å²) >= 11 is 0. The first-order chi connectivity index (χ1) is 15.2. The summed E-state index contributed by atoms with van der Waals surface area (Å²) in [5.41, 5.74) is 3.07. The Hall–Kier alpha value is -0.780. The van der Waals surface area contributed by atoms with Crippen molar-refractivity contribution in [2.45, 2.75) is 96.7 Å². The topological polar surface area (TPSA) is 43.7 Å². The molecule has 2 N–H and O–H groups in total. The van der Waals surface area contributed by atoms with E-state index in [0.717, 1.165) is 32.5 Å². The lowest BCUT2D eigenvalue weighted by molar-refractivity contribution is 0.0609. The van der Waals surface area contributed by atoms with E-state index in [0.29, 0.717) is 42.4 Å². The van der Waals surface area contributed by atoms with Crippen molar-refractivity contribution in [1.82, 2.24) is 4.90 Å². The average molecular weight is 452 g/mol. The Kier molecular flexibility index (Phi) is 7.78. The quantitative estimate of drug-likeness (QED) is 0.554. The van der Waals surface area contributed by atoms with Gasteiger partial charge in [0, 0.05) is 19.5 Å². The lowest BCUT2D eigenvalue weighted by atomic mass is 9.61. The number of fused-ring (bicyclic) bond motifs is 1. The summed E-state index contributed by atoms with van der Waals surface area (Å²) in [7, 11) is 0. The van der Waals surface area contributed by atoms with Crippen LogP contribution in [0.15, 0.2) is 23.3 Å². The molecule has 0 amide bonds. The number of allylic oxidation sites excluding steroid dienone is 3. The van der Waals surface area contributed by atoms with E-state index in [-0.39, 0.29) is 12.3 Å². The smallest absolute Gasteiger partial charge is 0.238 e. The van der Waals surface area contributed by atoms with Crippen LogP contribution < -0.4 is 0 Å². The molecule has 1 saturated heterocycles. The molecule has 4 aliphatic rings. The predicted octanol–water partition coefficient (Wildman–Crippen LogP) is 5.57. The fourth-order valence-corrected chi connectivity index (χ4v) is 7.80. The van der Waals surface area contributed by atoms with Crippen LogP contribution in [0.3, 0.4) is 0 Å². The molecule has 1 aliphatic heterocycles. The molecule has 0 radical (unpaired) electrons. The van der Waals surface area contributed by atoms with E-state index in [9.17, 15) is 19.0 Å². The highest BCUT2D eigenvalue weighted by Crippen LogP contribution is 2.59. The van der Waals surface area contributed by atoms with Gasteiger partial charge in [0.1, 0.15) is 0 Å². The Morgan fingerprint density at radius 1 is 1.12 bits per heavy atom. The van der Waals surface area contributed by atoms with Crippen LogP contribution in [0.4, 0.5) is 8.78 Å². The Balaban J connectivity index is 1.39. The Morgan fingerprint density at radius 3 is 2.59 bits per heavy atom. The van der Waals surface area contributed by atoms with Crippen LogP contribution >= 0.6 is 0 Å². The molecule has 32 heavy (non-hydrogen) atoms. The number of hydrogen-bond donors (Lipinski definition) is 2. The minimum Gasteiger partial charge on any atom is -0.393 e. The standard InChI is InChI=1S/C27H43F2NO2/c1-18(16-30-11-9-20(17-30)14-26(28)29)24-7-8-25-21(4-3-10-27(24,25)2)6-5-19-12-22(31)15-23(32)13-19/h5-6,18,20,22-26,31-32H,3-4,7-17H2,1-2H3/b21-6+/t18-,20-,22-,23-,24-,25+,27-/m1/s1. The van der Waals surface area contributed by atoms with Crippen molar-refractivity contribution in [2.24, 2.45) is 29.1 Å². The number of halogens is 2. The van der Waals surface area contributed by atoms with E-state index < -0.39 is 18.6 Å². The zero-order valence-corrected chi connectivity index (χ0v) is 20.0. The Bertz CT molecular complexity index is 696. The third-order valence-corrected chi connectivity index (χ3v) is 9.23. The second kappa shape index (κ2) is 10.2. The van der Waals surface area contributed by atoms with E-state index in [1.807, 2.05) is 0 Å². The number of alkyl halides is 2. The number of aliphatic hydroxyl groups is 2. The first kappa shape index (κ1) is 24.3.